The second-order valence-corrected chi connectivity index (χ2v) is 5.86. The number of benzene rings is 2. The summed E-state index contributed by atoms with van der Waals surface area (Å²) in [6.07, 6.45) is 1.66. The number of fused-ring (bicyclic) bond motifs is 1. The summed E-state index contributed by atoms with van der Waals surface area (Å²) in [6.45, 7) is 0.476. The molecule has 0 unspecified atom stereocenters. The van der Waals surface area contributed by atoms with Crippen LogP contribution in [0.3, 0.4) is 0 Å². The molecule has 0 amide bonds. The van der Waals surface area contributed by atoms with Gasteiger partial charge in [-0.15, -0.1) is 0 Å². The second-order valence-electron chi connectivity index (χ2n) is 5.86. The van der Waals surface area contributed by atoms with Crippen molar-refractivity contribution >= 4 is 11.9 Å². The quantitative estimate of drug-likeness (QED) is 0.876. The van der Waals surface area contributed by atoms with E-state index in [9.17, 15) is 9.90 Å². The number of carbonyl (C=O) groups is 1. The molecule has 0 aromatic heterocycles. The standard InChI is InChI=1S/C19H19NO4/c1-20(2)11-14-15(21)9-8-13-18(22)17(24-19(13)14)10-12-6-4-5-7-16(12)23-3/h4-10,21H,11H2,1-3H3. The van der Waals surface area contributed by atoms with E-state index in [0.29, 0.717) is 29.2 Å². The van der Waals surface area contributed by atoms with E-state index in [1.165, 1.54) is 6.07 Å². The lowest BCUT2D eigenvalue weighted by Gasteiger charge is -2.14. The largest absolute Gasteiger partial charge is 0.507 e. The number of rotatable bonds is 4. The molecule has 0 spiro atoms. The summed E-state index contributed by atoms with van der Waals surface area (Å²) in [5, 5.41) is 10.1. The number of para-hydroxylation sites is 1. The number of ketones is 1. The maximum absolute atomic E-state index is 12.6. The highest BCUT2D eigenvalue weighted by Gasteiger charge is 2.31. The molecule has 1 N–H and O–H groups in total. The van der Waals surface area contributed by atoms with Crippen LogP contribution in [0.4, 0.5) is 0 Å². The predicted octanol–water partition coefficient (Wildman–Crippen LogP) is 3.08. The zero-order valence-electron chi connectivity index (χ0n) is 13.9. The molecule has 1 aliphatic rings. The van der Waals surface area contributed by atoms with E-state index in [1.807, 2.05) is 43.3 Å². The van der Waals surface area contributed by atoms with Crippen molar-refractivity contribution in [3.63, 3.8) is 0 Å². The van der Waals surface area contributed by atoms with Gasteiger partial charge in [0.15, 0.2) is 5.76 Å². The molecule has 0 radical (unpaired) electrons. The van der Waals surface area contributed by atoms with Crippen LogP contribution in [-0.2, 0) is 6.54 Å². The molecule has 1 heterocycles. The van der Waals surface area contributed by atoms with E-state index in [1.54, 1.807) is 19.3 Å². The first-order valence-electron chi connectivity index (χ1n) is 7.58. The average molecular weight is 325 g/mol. The minimum Gasteiger partial charge on any atom is -0.507 e. The van der Waals surface area contributed by atoms with Crippen LogP contribution in [0.1, 0.15) is 21.5 Å². The van der Waals surface area contributed by atoms with Gasteiger partial charge in [-0.25, -0.2) is 0 Å². The first kappa shape index (κ1) is 16.1. The number of hydrogen-bond donors (Lipinski definition) is 1. The number of Topliss-reactive ketones (excluding diaryl/α,β-unsaturated/α-hetero) is 1. The van der Waals surface area contributed by atoms with Gasteiger partial charge in [0, 0.05) is 12.1 Å². The number of carbonyl (C=O) groups excluding carboxylic acids is 1. The van der Waals surface area contributed by atoms with Crippen molar-refractivity contribution in [1.82, 2.24) is 4.90 Å². The Morgan fingerprint density at radius 3 is 2.67 bits per heavy atom. The molecule has 0 aliphatic carbocycles. The van der Waals surface area contributed by atoms with E-state index in [0.717, 1.165) is 5.56 Å². The van der Waals surface area contributed by atoms with Crippen molar-refractivity contribution in [3.05, 3.63) is 58.8 Å². The lowest BCUT2D eigenvalue weighted by atomic mass is 10.0. The molecule has 0 bridgehead atoms. The molecule has 0 atom stereocenters. The fourth-order valence-electron chi connectivity index (χ4n) is 2.69. The first-order valence-corrected chi connectivity index (χ1v) is 7.58. The zero-order chi connectivity index (χ0) is 17.3. The highest BCUT2D eigenvalue weighted by molar-refractivity contribution is 6.15. The Morgan fingerprint density at radius 2 is 1.96 bits per heavy atom. The molecule has 5 heteroatoms. The normalized spacial score (nSPS) is 14.8. The third-order valence-corrected chi connectivity index (χ3v) is 3.82. The Hall–Kier alpha value is -2.79. The second kappa shape index (κ2) is 6.37. The van der Waals surface area contributed by atoms with Crippen LogP contribution in [0.5, 0.6) is 17.2 Å². The SMILES string of the molecule is COc1ccccc1C=C1Oc2c(ccc(O)c2CN(C)C)C1=O. The fraction of sp³-hybridized carbons (Fsp3) is 0.211. The van der Waals surface area contributed by atoms with Crippen LogP contribution in [0, 0.1) is 0 Å². The van der Waals surface area contributed by atoms with E-state index in [-0.39, 0.29) is 17.3 Å². The van der Waals surface area contributed by atoms with Gasteiger partial charge in [-0.2, -0.15) is 0 Å². The summed E-state index contributed by atoms with van der Waals surface area (Å²) in [5.41, 5.74) is 1.83. The van der Waals surface area contributed by atoms with E-state index >= 15 is 0 Å². The molecule has 5 nitrogen and oxygen atoms in total. The van der Waals surface area contributed by atoms with E-state index in [4.69, 9.17) is 9.47 Å². The number of ether oxygens (including phenoxy) is 2. The summed E-state index contributed by atoms with van der Waals surface area (Å²) in [6, 6.07) is 10.5. The Balaban J connectivity index is 2.03. The van der Waals surface area contributed by atoms with Crippen LogP contribution < -0.4 is 9.47 Å². The Labute approximate surface area is 140 Å². The van der Waals surface area contributed by atoms with Gasteiger partial charge in [-0.1, -0.05) is 18.2 Å². The van der Waals surface area contributed by atoms with Crippen molar-refractivity contribution < 1.29 is 19.4 Å². The number of nitrogens with zero attached hydrogens (tertiary/aromatic N) is 1. The topological polar surface area (TPSA) is 59.0 Å². The van der Waals surface area contributed by atoms with E-state index in [2.05, 4.69) is 0 Å². The van der Waals surface area contributed by atoms with Gasteiger partial charge in [-0.3, -0.25) is 4.79 Å². The van der Waals surface area contributed by atoms with Gasteiger partial charge in [0.05, 0.1) is 18.2 Å². The van der Waals surface area contributed by atoms with Gasteiger partial charge in [0.2, 0.25) is 5.78 Å². The summed E-state index contributed by atoms with van der Waals surface area (Å²) in [7, 11) is 5.36. The minimum atomic E-state index is -0.198. The van der Waals surface area contributed by atoms with Gasteiger partial charge in [0.25, 0.3) is 0 Å². The van der Waals surface area contributed by atoms with Crippen molar-refractivity contribution in [2.45, 2.75) is 6.54 Å². The Kier molecular flexibility index (Phi) is 4.27. The minimum absolute atomic E-state index is 0.119. The van der Waals surface area contributed by atoms with Crippen LogP contribution in [-0.4, -0.2) is 37.0 Å². The number of allylic oxidation sites excluding steroid dienone is 1. The van der Waals surface area contributed by atoms with Crippen LogP contribution in [0.2, 0.25) is 0 Å². The highest BCUT2D eigenvalue weighted by Crippen LogP contribution is 2.40. The van der Waals surface area contributed by atoms with Gasteiger partial charge in [-0.05, 0) is 38.4 Å². The third-order valence-electron chi connectivity index (χ3n) is 3.82. The van der Waals surface area contributed by atoms with Crippen LogP contribution in [0.25, 0.3) is 6.08 Å². The summed E-state index contributed by atoms with van der Waals surface area (Å²) in [5.74, 6) is 1.23. The first-order chi connectivity index (χ1) is 11.5. The lowest BCUT2D eigenvalue weighted by molar-refractivity contribution is 0.101. The third kappa shape index (κ3) is 2.86. The number of aromatic hydroxyl groups is 1. The molecule has 0 fully saturated rings. The zero-order valence-corrected chi connectivity index (χ0v) is 13.9. The molecule has 24 heavy (non-hydrogen) atoms. The lowest BCUT2D eigenvalue weighted by Crippen LogP contribution is -2.11. The summed E-state index contributed by atoms with van der Waals surface area (Å²) in [4.78, 5) is 14.5. The number of methoxy groups -OCH3 is 1. The van der Waals surface area contributed by atoms with E-state index < -0.39 is 0 Å². The summed E-state index contributed by atoms with van der Waals surface area (Å²) < 4.78 is 11.1. The van der Waals surface area contributed by atoms with Crippen molar-refractivity contribution in [2.24, 2.45) is 0 Å². The molecule has 3 rings (SSSR count). The van der Waals surface area contributed by atoms with Gasteiger partial charge >= 0.3 is 0 Å². The fourth-order valence-corrected chi connectivity index (χ4v) is 2.69. The highest BCUT2D eigenvalue weighted by atomic mass is 16.5. The smallest absolute Gasteiger partial charge is 0.231 e. The average Bonchev–Trinajstić information content (AvgIpc) is 2.87. The number of phenolic OH excluding ortho intramolecular Hbond substituents is 1. The van der Waals surface area contributed by atoms with Crippen molar-refractivity contribution in [1.29, 1.82) is 0 Å². The van der Waals surface area contributed by atoms with Crippen molar-refractivity contribution in [2.75, 3.05) is 21.2 Å². The molecule has 2 aromatic rings. The Morgan fingerprint density at radius 1 is 1.21 bits per heavy atom. The molecule has 2 aromatic carbocycles. The molecular weight excluding hydrogens is 306 g/mol. The predicted molar refractivity (Wildman–Crippen MR) is 91.4 cm³/mol. The molecule has 1 aliphatic heterocycles. The van der Waals surface area contributed by atoms with Crippen molar-refractivity contribution in [3.8, 4) is 17.2 Å². The van der Waals surface area contributed by atoms with Gasteiger partial charge < -0.3 is 19.5 Å². The molecular formula is C19H19NO4. The monoisotopic (exact) mass is 325 g/mol. The van der Waals surface area contributed by atoms with Crippen LogP contribution in [0.15, 0.2) is 42.2 Å². The van der Waals surface area contributed by atoms with Gasteiger partial charge in [0.1, 0.15) is 17.2 Å². The molecule has 0 saturated carbocycles. The number of phenols is 1. The number of hydrogen-bond acceptors (Lipinski definition) is 5. The molecule has 124 valence electrons. The van der Waals surface area contributed by atoms with Crippen LogP contribution >= 0.6 is 0 Å². The summed E-state index contributed by atoms with van der Waals surface area (Å²) >= 11 is 0. The maximum Gasteiger partial charge on any atom is 0.231 e. The maximum atomic E-state index is 12.6. The Bertz CT molecular complexity index is 824. The molecule has 0 saturated heterocycles.